The molecule has 0 saturated carbocycles. The van der Waals surface area contributed by atoms with Crippen molar-refractivity contribution in [2.45, 2.75) is 33.7 Å². The van der Waals surface area contributed by atoms with Gasteiger partial charge in [0.2, 0.25) is 0 Å². The Morgan fingerprint density at radius 2 is 1.88 bits per heavy atom. The number of para-hydroxylation sites is 1. The van der Waals surface area contributed by atoms with Gasteiger partial charge < -0.3 is 4.57 Å². The van der Waals surface area contributed by atoms with Crippen LogP contribution in [-0.2, 0) is 0 Å². The fourth-order valence-corrected chi connectivity index (χ4v) is 2.09. The van der Waals surface area contributed by atoms with Crippen LogP contribution in [0.25, 0.3) is 17.0 Å². The molecule has 84 valence electrons. The average molecular weight is 213 g/mol. The third-order valence-corrected chi connectivity index (χ3v) is 2.77. The predicted molar refractivity (Wildman–Crippen MR) is 71.6 cm³/mol. The molecule has 0 fully saturated rings. The van der Waals surface area contributed by atoms with Gasteiger partial charge in [-0.2, -0.15) is 0 Å². The fraction of sp³-hybridized carbons (Fsp3) is 0.333. The first-order valence-corrected chi connectivity index (χ1v) is 5.84. The molecule has 1 heteroatoms. The Bertz CT molecular complexity index is 525. The van der Waals surface area contributed by atoms with Crippen molar-refractivity contribution in [3.63, 3.8) is 0 Å². The van der Waals surface area contributed by atoms with Gasteiger partial charge in [0, 0.05) is 23.1 Å². The number of fused-ring (bicyclic) bond motifs is 1. The second-order valence-electron chi connectivity index (χ2n) is 4.82. The van der Waals surface area contributed by atoms with Gasteiger partial charge in [-0.25, -0.2) is 0 Å². The Labute approximate surface area is 97.4 Å². The molecule has 0 amide bonds. The summed E-state index contributed by atoms with van der Waals surface area (Å²) in [6.45, 7) is 8.72. The zero-order chi connectivity index (χ0) is 11.7. The maximum Gasteiger partial charge on any atom is 0.0488 e. The van der Waals surface area contributed by atoms with Crippen LogP contribution in [0.4, 0.5) is 0 Å². The fourth-order valence-electron chi connectivity index (χ4n) is 2.09. The summed E-state index contributed by atoms with van der Waals surface area (Å²) in [5.74, 6) is 0. The number of aromatic nitrogens is 1. The van der Waals surface area contributed by atoms with Crippen LogP contribution < -0.4 is 0 Å². The normalized spacial score (nSPS) is 11.1. The Hall–Kier alpha value is -1.50. The van der Waals surface area contributed by atoms with Crippen LogP contribution in [0, 0.1) is 0 Å². The van der Waals surface area contributed by atoms with Crippen LogP contribution in [0.5, 0.6) is 0 Å². The SMILES string of the molecule is CC(C)=Cc1cn(C(C)C)c2ccccc12. The number of rotatable bonds is 2. The standard InChI is InChI=1S/C15H19N/c1-11(2)9-13-10-16(12(3)4)15-8-6-5-7-14(13)15/h5-10,12H,1-4H3. The topological polar surface area (TPSA) is 4.93 Å². The maximum absolute atomic E-state index is 2.34. The molecule has 1 heterocycles. The first-order chi connectivity index (χ1) is 7.59. The molecular weight excluding hydrogens is 194 g/mol. The third kappa shape index (κ3) is 1.90. The van der Waals surface area contributed by atoms with Gasteiger partial charge in [-0.05, 0) is 39.3 Å². The minimum Gasteiger partial charge on any atom is -0.344 e. The molecule has 1 aromatic heterocycles. The van der Waals surface area contributed by atoms with Crippen LogP contribution in [-0.4, -0.2) is 4.57 Å². The summed E-state index contributed by atoms with van der Waals surface area (Å²) in [6.07, 6.45) is 4.50. The van der Waals surface area contributed by atoms with Crippen LogP contribution in [0.15, 0.2) is 36.0 Å². The summed E-state index contributed by atoms with van der Waals surface area (Å²) < 4.78 is 2.34. The number of hydrogen-bond donors (Lipinski definition) is 0. The highest BCUT2D eigenvalue weighted by Crippen LogP contribution is 2.26. The molecule has 1 nitrogen and oxygen atoms in total. The van der Waals surface area contributed by atoms with Gasteiger partial charge in [0.1, 0.15) is 0 Å². The largest absolute Gasteiger partial charge is 0.344 e. The monoisotopic (exact) mass is 213 g/mol. The number of allylic oxidation sites excluding steroid dienone is 1. The van der Waals surface area contributed by atoms with E-state index >= 15 is 0 Å². The summed E-state index contributed by atoms with van der Waals surface area (Å²) >= 11 is 0. The van der Waals surface area contributed by atoms with E-state index in [1.807, 2.05) is 0 Å². The van der Waals surface area contributed by atoms with Crippen molar-refractivity contribution in [3.8, 4) is 0 Å². The highest BCUT2D eigenvalue weighted by Gasteiger charge is 2.07. The molecule has 0 spiro atoms. The van der Waals surface area contributed by atoms with Crippen molar-refractivity contribution >= 4 is 17.0 Å². The smallest absolute Gasteiger partial charge is 0.0488 e. The lowest BCUT2D eigenvalue weighted by Gasteiger charge is -2.08. The predicted octanol–water partition coefficient (Wildman–Crippen LogP) is 4.65. The van der Waals surface area contributed by atoms with E-state index in [0.29, 0.717) is 6.04 Å². The van der Waals surface area contributed by atoms with Gasteiger partial charge in [0.05, 0.1) is 0 Å². The van der Waals surface area contributed by atoms with Gasteiger partial charge >= 0.3 is 0 Å². The Kier molecular flexibility index (Phi) is 2.86. The van der Waals surface area contributed by atoms with Crippen LogP contribution in [0.3, 0.4) is 0 Å². The quantitative estimate of drug-likeness (QED) is 0.684. The van der Waals surface area contributed by atoms with Crippen LogP contribution in [0.2, 0.25) is 0 Å². The van der Waals surface area contributed by atoms with Crippen LogP contribution in [0.1, 0.15) is 39.3 Å². The molecule has 0 atom stereocenters. The van der Waals surface area contributed by atoms with E-state index in [4.69, 9.17) is 0 Å². The number of benzene rings is 1. The Balaban J connectivity index is 2.72. The van der Waals surface area contributed by atoms with E-state index in [9.17, 15) is 0 Å². The van der Waals surface area contributed by atoms with E-state index in [-0.39, 0.29) is 0 Å². The number of nitrogens with zero attached hydrogens (tertiary/aromatic N) is 1. The molecule has 2 rings (SSSR count). The van der Waals surface area contributed by atoms with E-state index < -0.39 is 0 Å². The highest BCUT2D eigenvalue weighted by molar-refractivity contribution is 5.89. The van der Waals surface area contributed by atoms with Gasteiger partial charge in [0.15, 0.2) is 0 Å². The van der Waals surface area contributed by atoms with Crippen molar-refractivity contribution in [2.75, 3.05) is 0 Å². The molecule has 0 aliphatic rings. The summed E-state index contributed by atoms with van der Waals surface area (Å²) in [5, 5.41) is 1.34. The van der Waals surface area contributed by atoms with Crippen molar-refractivity contribution < 1.29 is 0 Å². The van der Waals surface area contributed by atoms with Gasteiger partial charge in [0.25, 0.3) is 0 Å². The lowest BCUT2D eigenvalue weighted by molar-refractivity contribution is 0.622. The molecule has 0 radical (unpaired) electrons. The molecule has 0 unspecified atom stereocenters. The van der Waals surface area contributed by atoms with Gasteiger partial charge in [-0.1, -0.05) is 29.8 Å². The minimum absolute atomic E-state index is 0.504. The molecule has 0 aliphatic carbocycles. The first-order valence-electron chi connectivity index (χ1n) is 5.84. The Morgan fingerprint density at radius 3 is 2.50 bits per heavy atom. The molecule has 16 heavy (non-hydrogen) atoms. The van der Waals surface area contributed by atoms with Crippen molar-refractivity contribution in [1.82, 2.24) is 4.57 Å². The molecule has 1 aromatic carbocycles. The maximum atomic E-state index is 2.34. The van der Waals surface area contributed by atoms with Crippen molar-refractivity contribution in [1.29, 1.82) is 0 Å². The Morgan fingerprint density at radius 1 is 1.19 bits per heavy atom. The van der Waals surface area contributed by atoms with Crippen LogP contribution >= 0.6 is 0 Å². The third-order valence-electron chi connectivity index (χ3n) is 2.77. The second kappa shape index (κ2) is 4.17. The zero-order valence-electron chi connectivity index (χ0n) is 10.5. The van der Waals surface area contributed by atoms with Crippen molar-refractivity contribution in [2.24, 2.45) is 0 Å². The number of hydrogen-bond acceptors (Lipinski definition) is 0. The second-order valence-corrected chi connectivity index (χ2v) is 4.82. The molecule has 2 aromatic rings. The lowest BCUT2D eigenvalue weighted by atomic mass is 10.1. The van der Waals surface area contributed by atoms with E-state index in [1.165, 1.54) is 22.0 Å². The first kappa shape index (κ1) is 11.0. The molecule has 0 saturated heterocycles. The van der Waals surface area contributed by atoms with E-state index in [0.717, 1.165) is 0 Å². The van der Waals surface area contributed by atoms with Gasteiger partial charge in [-0.15, -0.1) is 0 Å². The summed E-state index contributed by atoms with van der Waals surface area (Å²) in [7, 11) is 0. The summed E-state index contributed by atoms with van der Waals surface area (Å²) in [5.41, 5.74) is 3.99. The van der Waals surface area contributed by atoms with Crippen molar-refractivity contribution in [3.05, 3.63) is 41.6 Å². The molecule has 0 aliphatic heterocycles. The van der Waals surface area contributed by atoms with E-state index in [1.54, 1.807) is 0 Å². The minimum atomic E-state index is 0.504. The summed E-state index contributed by atoms with van der Waals surface area (Å²) in [6, 6.07) is 9.10. The van der Waals surface area contributed by atoms with E-state index in [2.05, 4.69) is 68.8 Å². The molecule has 0 N–H and O–H groups in total. The summed E-state index contributed by atoms with van der Waals surface area (Å²) in [4.78, 5) is 0. The lowest BCUT2D eigenvalue weighted by Crippen LogP contribution is -1.97. The molecular formula is C15H19N. The average Bonchev–Trinajstić information content (AvgIpc) is 2.57. The zero-order valence-corrected chi connectivity index (χ0v) is 10.5. The van der Waals surface area contributed by atoms with Gasteiger partial charge in [-0.3, -0.25) is 0 Å². The highest BCUT2D eigenvalue weighted by atomic mass is 15.0. The molecule has 0 bridgehead atoms.